The van der Waals surface area contributed by atoms with Crippen LogP contribution in [0, 0.1) is 11.3 Å². The van der Waals surface area contributed by atoms with Crippen LogP contribution < -0.4 is 0 Å². The van der Waals surface area contributed by atoms with Gasteiger partial charge in [0.1, 0.15) is 5.82 Å². The average molecular weight is 276 g/mol. The maximum atomic E-state index is 8.64. The van der Waals surface area contributed by atoms with E-state index in [9.17, 15) is 0 Å². The predicted molar refractivity (Wildman–Crippen MR) is 65.7 cm³/mol. The molecule has 16 heavy (non-hydrogen) atoms. The first kappa shape index (κ1) is 10.9. The molecule has 2 rings (SSSR count). The lowest BCUT2D eigenvalue weighted by atomic mass is 10.2. The minimum atomic E-state index is 0.346. The van der Waals surface area contributed by atoms with Gasteiger partial charge in [0.25, 0.3) is 0 Å². The first-order valence-electron chi connectivity index (χ1n) is 4.86. The van der Waals surface area contributed by atoms with E-state index in [2.05, 4.69) is 27.0 Å². The van der Waals surface area contributed by atoms with Gasteiger partial charge in [0.05, 0.1) is 18.2 Å². The highest BCUT2D eigenvalue weighted by Gasteiger charge is 2.09. The van der Waals surface area contributed by atoms with Gasteiger partial charge in [-0.1, -0.05) is 34.1 Å². The molecule has 0 fully saturated rings. The number of imidazole rings is 1. The summed E-state index contributed by atoms with van der Waals surface area (Å²) in [6, 6.07) is 10.0. The molecular weight excluding hydrogens is 266 g/mol. The molecule has 0 unspecified atom stereocenters. The third-order valence-corrected chi connectivity index (χ3v) is 2.99. The van der Waals surface area contributed by atoms with E-state index >= 15 is 0 Å². The molecular formula is C12H10BrN3. The summed E-state index contributed by atoms with van der Waals surface area (Å²) in [5.41, 5.74) is 1.84. The highest BCUT2D eigenvalue weighted by atomic mass is 79.9. The molecule has 0 atom stereocenters. The van der Waals surface area contributed by atoms with Gasteiger partial charge >= 0.3 is 0 Å². The molecule has 0 aliphatic heterocycles. The quantitative estimate of drug-likeness (QED) is 0.846. The first-order valence-corrected chi connectivity index (χ1v) is 5.65. The van der Waals surface area contributed by atoms with Gasteiger partial charge in [-0.05, 0) is 6.07 Å². The summed E-state index contributed by atoms with van der Waals surface area (Å²) < 4.78 is 2.94. The number of halogens is 1. The van der Waals surface area contributed by atoms with E-state index < -0.39 is 0 Å². The zero-order valence-electron chi connectivity index (χ0n) is 8.81. The fraction of sp³-hybridized carbons (Fsp3) is 0.167. The molecule has 4 heteroatoms. The highest BCUT2D eigenvalue weighted by Crippen LogP contribution is 2.26. The number of aromatic nitrogens is 2. The molecule has 0 saturated carbocycles. The summed E-state index contributed by atoms with van der Waals surface area (Å²) in [5, 5.41) is 8.64. The molecule has 0 radical (unpaired) electrons. The molecule has 0 aliphatic carbocycles. The Balaban J connectivity index is 2.49. The fourth-order valence-electron chi connectivity index (χ4n) is 1.59. The van der Waals surface area contributed by atoms with Crippen molar-refractivity contribution in [3.8, 4) is 17.5 Å². The standard InChI is InChI=1S/C12H10BrN3/c1-16-8-9(6-7-14)15-12(16)10-4-2-3-5-11(10)13/h2-5,8H,6H2,1H3. The van der Waals surface area contributed by atoms with E-state index in [-0.39, 0.29) is 0 Å². The van der Waals surface area contributed by atoms with Crippen LogP contribution in [0.25, 0.3) is 11.4 Å². The molecule has 80 valence electrons. The molecule has 0 spiro atoms. The third kappa shape index (κ3) is 2.00. The van der Waals surface area contributed by atoms with Crippen molar-refractivity contribution in [3.05, 3.63) is 40.6 Å². The fourth-order valence-corrected chi connectivity index (χ4v) is 2.05. The number of benzene rings is 1. The summed E-state index contributed by atoms with van der Waals surface area (Å²) in [6.07, 6.45) is 2.23. The van der Waals surface area contributed by atoms with Crippen LogP contribution in [0.15, 0.2) is 34.9 Å². The number of nitriles is 1. The van der Waals surface area contributed by atoms with Crippen LogP contribution in [-0.2, 0) is 13.5 Å². The third-order valence-electron chi connectivity index (χ3n) is 2.30. The van der Waals surface area contributed by atoms with Crippen molar-refractivity contribution in [1.82, 2.24) is 9.55 Å². The normalized spacial score (nSPS) is 10.1. The van der Waals surface area contributed by atoms with Gasteiger partial charge in [0.2, 0.25) is 0 Å². The first-order chi connectivity index (χ1) is 7.72. The SMILES string of the molecule is Cn1cc(CC#N)nc1-c1ccccc1Br. The zero-order chi connectivity index (χ0) is 11.5. The smallest absolute Gasteiger partial charge is 0.141 e. The summed E-state index contributed by atoms with van der Waals surface area (Å²) in [4.78, 5) is 4.44. The lowest BCUT2D eigenvalue weighted by Crippen LogP contribution is -1.91. The van der Waals surface area contributed by atoms with Crippen LogP contribution in [0.3, 0.4) is 0 Å². The molecule has 0 bridgehead atoms. The van der Waals surface area contributed by atoms with E-state index in [0.29, 0.717) is 6.42 Å². The summed E-state index contributed by atoms with van der Waals surface area (Å²) in [5.74, 6) is 0.873. The highest BCUT2D eigenvalue weighted by molar-refractivity contribution is 9.10. The number of aryl methyl sites for hydroxylation is 1. The van der Waals surface area contributed by atoms with E-state index in [4.69, 9.17) is 5.26 Å². The van der Waals surface area contributed by atoms with Gasteiger partial charge in [-0.3, -0.25) is 0 Å². The monoisotopic (exact) mass is 275 g/mol. The van der Waals surface area contributed by atoms with E-state index in [0.717, 1.165) is 21.6 Å². The van der Waals surface area contributed by atoms with Crippen molar-refractivity contribution in [2.75, 3.05) is 0 Å². The topological polar surface area (TPSA) is 41.6 Å². The van der Waals surface area contributed by atoms with Crippen LogP contribution in [0.2, 0.25) is 0 Å². The minimum absolute atomic E-state index is 0.346. The maximum Gasteiger partial charge on any atom is 0.141 e. The largest absolute Gasteiger partial charge is 0.334 e. The molecule has 3 nitrogen and oxygen atoms in total. The van der Waals surface area contributed by atoms with E-state index in [1.54, 1.807) is 0 Å². The second-order valence-corrected chi connectivity index (χ2v) is 4.34. The molecule has 0 saturated heterocycles. The van der Waals surface area contributed by atoms with Gasteiger partial charge in [-0.2, -0.15) is 5.26 Å². The summed E-state index contributed by atoms with van der Waals surface area (Å²) in [7, 11) is 1.93. The average Bonchev–Trinajstić information content (AvgIpc) is 2.61. The van der Waals surface area contributed by atoms with Gasteiger partial charge in [0.15, 0.2) is 0 Å². The Kier molecular flexibility index (Phi) is 3.07. The molecule has 0 N–H and O–H groups in total. The van der Waals surface area contributed by atoms with Crippen molar-refractivity contribution in [2.24, 2.45) is 7.05 Å². The van der Waals surface area contributed by atoms with E-state index in [1.807, 2.05) is 42.1 Å². The number of hydrogen-bond acceptors (Lipinski definition) is 2. The van der Waals surface area contributed by atoms with Gasteiger partial charge < -0.3 is 4.57 Å². The Morgan fingerprint density at radius 1 is 1.44 bits per heavy atom. The molecule has 1 aromatic heterocycles. The van der Waals surface area contributed by atoms with Crippen LogP contribution in [-0.4, -0.2) is 9.55 Å². The van der Waals surface area contributed by atoms with Crippen LogP contribution in [0.1, 0.15) is 5.69 Å². The van der Waals surface area contributed by atoms with E-state index in [1.165, 1.54) is 0 Å². The second kappa shape index (κ2) is 4.50. The lowest BCUT2D eigenvalue weighted by Gasteiger charge is -2.03. The number of nitrogens with zero attached hydrogens (tertiary/aromatic N) is 3. The van der Waals surface area contributed by atoms with Crippen LogP contribution in [0.5, 0.6) is 0 Å². The molecule has 1 aromatic carbocycles. The minimum Gasteiger partial charge on any atom is -0.334 e. The lowest BCUT2D eigenvalue weighted by molar-refractivity contribution is 0.923. The van der Waals surface area contributed by atoms with Crippen LogP contribution >= 0.6 is 15.9 Å². The maximum absolute atomic E-state index is 8.64. The molecule has 0 aliphatic rings. The molecule has 1 heterocycles. The van der Waals surface area contributed by atoms with Crippen molar-refractivity contribution >= 4 is 15.9 Å². The molecule has 2 aromatic rings. The van der Waals surface area contributed by atoms with Gasteiger partial charge in [-0.25, -0.2) is 4.98 Å². The second-order valence-electron chi connectivity index (χ2n) is 3.48. The van der Waals surface area contributed by atoms with Gasteiger partial charge in [0, 0.05) is 23.3 Å². The summed E-state index contributed by atoms with van der Waals surface area (Å²) in [6.45, 7) is 0. The predicted octanol–water partition coefficient (Wildman–Crippen LogP) is 2.92. The Bertz CT molecular complexity index is 552. The Labute approximate surface area is 102 Å². The number of rotatable bonds is 2. The zero-order valence-corrected chi connectivity index (χ0v) is 10.4. The Hall–Kier alpha value is -1.60. The van der Waals surface area contributed by atoms with Crippen molar-refractivity contribution in [1.29, 1.82) is 5.26 Å². The Morgan fingerprint density at radius 3 is 2.88 bits per heavy atom. The van der Waals surface area contributed by atoms with Crippen molar-refractivity contribution in [3.63, 3.8) is 0 Å². The number of hydrogen-bond donors (Lipinski definition) is 0. The van der Waals surface area contributed by atoms with Crippen LogP contribution in [0.4, 0.5) is 0 Å². The molecule has 0 amide bonds. The van der Waals surface area contributed by atoms with Gasteiger partial charge in [-0.15, -0.1) is 0 Å². The van der Waals surface area contributed by atoms with Crippen molar-refractivity contribution < 1.29 is 0 Å². The summed E-state index contributed by atoms with van der Waals surface area (Å²) >= 11 is 3.50. The van der Waals surface area contributed by atoms with Crippen molar-refractivity contribution in [2.45, 2.75) is 6.42 Å². The Morgan fingerprint density at radius 2 is 2.19 bits per heavy atom.